The van der Waals surface area contributed by atoms with Crippen molar-refractivity contribution in [2.24, 2.45) is 5.73 Å². The molecule has 1 atom stereocenters. The van der Waals surface area contributed by atoms with Crippen molar-refractivity contribution in [2.45, 2.75) is 45.6 Å². The Balaban J connectivity index is 3.24. The van der Waals surface area contributed by atoms with Gasteiger partial charge in [-0.3, -0.25) is 0 Å². The standard InChI is InChI=1S/C10H24N2/c1-4-5-6-7-8-12(3)10(2)9-11/h10H,4-9,11H2,1-3H3. The van der Waals surface area contributed by atoms with E-state index in [1.807, 2.05) is 0 Å². The average molecular weight is 172 g/mol. The van der Waals surface area contributed by atoms with E-state index in [0.29, 0.717) is 6.04 Å². The van der Waals surface area contributed by atoms with Crippen LogP contribution in [-0.2, 0) is 0 Å². The molecular formula is C10H24N2. The average Bonchev–Trinajstić information content (AvgIpc) is 2.10. The quantitative estimate of drug-likeness (QED) is 0.594. The van der Waals surface area contributed by atoms with Crippen molar-refractivity contribution in [3.05, 3.63) is 0 Å². The van der Waals surface area contributed by atoms with Gasteiger partial charge in [0.2, 0.25) is 0 Å². The summed E-state index contributed by atoms with van der Waals surface area (Å²) in [5.74, 6) is 0. The molecule has 0 aromatic rings. The smallest absolute Gasteiger partial charge is 0.0187 e. The first kappa shape index (κ1) is 11.9. The molecule has 12 heavy (non-hydrogen) atoms. The molecule has 1 unspecified atom stereocenters. The molecule has 0 rings (SSSR count). The van der Waals surface area contributed by atoms with Gasteiger partial charge in [0.25, 0.3) is 0 Å². The van der Waals surface area contributed by atoms with E-state index in [1.54, 1.807) is 0 Å². The number of nitrogens with two attached hydrogens (primary N) is 1. The van der Waals surface area contributed by atoms with Crippen LogP contribution in [0.3, 0.4) is 0 Å². The second-order valence-corrected chi connectivity index (χ2v) is 3.63. The lowest BCUT2D eigenvalue weighted by molar-refractivity contribution is 0.257. The Morgan fingerprint density at radius 3 is 2.42 bits per heavy atom. The van der Waals surface area contributed by atoms with Crippen LogP contribution in [0.5, 0.6) is 0 Å². The Kier molecular flexibility index (Phi) is 7.51. The molecule has 0 fully saturated rings. The first-order valence-corrected chi connectivity index (χ1v) is 5.12. The Hall–Kier alpha value is -0.0800. The van der Waals surface area contributed by atoms with E-state index in [4.69, 9.17) is 5.73 Å². The summed E-state index contributed by atoms with van der Waals surface area (Å²) in [5, 5.41) is 0. The maximum atomic E-state index is 5.56. The summed E-state index contributed by atoms with van der Waals surface area (Å²) in [6, 6.07) is 0.534. The van der Waals surface area contributed by atoms with Crippen molar-refractivity contribution in [2.75, 3.05) is 20.1 Å². The number of nitrogens with zero attached hydrogens (tertiary/aromatic N) is 1. The molecule has 74 valence electrons. The number of unbranched alkanes of at least 4 members (excludes halogenated alkanes) is 3. The minimum atomic E-state index is 0.534. The van der Waals surface area contributed by atoms with E-state index in [2.05, 4.69) is 25.8 Å². The van der Waals surface area contributed by atoms with Gasteiger partial charge in [-0.15, -0.1) is 0 Å². The molecule has 0 amide bonds. The van der Waals surface area contributed by atoms with Gasteiger partial charge < -0.3 is 10.6 Å². The van der Waals surface area contributed by atoms with Crippen molar-refractivity contribution in [3.63, 3.8) is 0 Å². The van der Waals surface area contributed by atoms with Crippen LogP contribution in [0.4, 0.5) is 0 Å². The van der Waals surface area contributed by atoms with Crippen LogP contribution in [0.25, 0.3) is 0 Å². The van der Waals surface area contributed by atoms with Crippen molar-refractivity contribution in [1.82, 2.24) is 4.90 Å². The zero-order chi connectivity index (χ0) is 9.40. The Bertz CT molecular complexity index is 93.8. The van der Waals surface area contributed by atoms with Crippen LogP contribution in [0.15, 0.2) is 0 Å². The molecule has 0 saturated heterocycles. The van der Waals surface area contributed by atoms with Crippen molar-refractivity contribution < 1.29 is 0 Å². The van der Waals surface area contributed by atoms with Crippen LogP contribution in [0.2, 0.25) is 0 Å². The number of rotatable bonds is 7. The first-order valence-electron chi connectivity index (χ1n) is 5.12. The number of hydrogen-bond acceptors (Lipinski definition) is 2. The van der Waals surface area contributed by atoms with Gasteiger partial charge in [-0.25, -0.2) is 0 Å². The summed E-state index contributed by atoms with van der Waals surface area (Å²) in [5.41, 5.74) is 5.56. The minimum absolute atomic E-state index is 0.534. The zero-order valence-corrected chi connectivity index (χ0v) is 8.84. The topological polar surface area (TPSA) is 29.3 Å². The molecule has 0 heterocycles. The number of likely N-dealkylation sites (N-methyl/N-ethyl adjacent to an activating group) is 1. The van der Waals surface area contributed by atoms with Gasteiger partial charge >= 0.3 is 0 Å². The van der Waals surface area contributed by atoms with E-state index in [-0.39, 0.29) is 0 Å². The van der Waals surface area contributed by atoms with Gasteiger partial charge in [0.15, 0.2) is 0 Å². The molecule has 0 radical (unpaired) electrons. The summed E-state index contributed by atoms with van der Waals surface area (Å²) < 4.78 is 0. The maximum absolute atomic E-state index is 5.56. The van der Waals surface area contributed by atoms with Gasteiger partial charge in [0.05, 0.1) is 0 Å². The lowest BCUT2D eigenvalue weighted by Crippen LogP contribution is -2.35. The molecule has 0 saturated carbocycles. The largest absolute Gasteiger partial charge is 0.329 e. The summed E-state index contributed by atoms with van der Waals surface area (Å²) in [4.78, 5) is 2.34. The third kappa shape index (κ3) is 5.56. The van der Waals surface area contributed by atoms with Gasteiger partial charge in [-0.2, -0.15) is 0 Å². The van der Waals surface area contributed by atoms with E-state index in [9.17, 15) is 0 Å². The van der Waals surface area contributed by atoms with Gasteiger partial charge in [0.1, 0.15) is 0 Å². The summed E-state index contributed by atoms with van der Waals surface area (Å²) >= 11 is 0. The zero-order valence-electron chi connectivity index (χ0n) is 8.84. The summed E-state index contributed by atoms with van der Waals surface area (Å²) in [7, 11) is 2.16. The lowest BCUT2D eigenvalue weighted by atomic mass is 10.2. The molecule has 2 heteroatoms. The van der Waals surface area contributed by atoms with Crippen LogP contribution in [0, 0.1) is 0 Å². The second-order valence-electron chi connectivity index (χ2n) is 3.63. The monoisotopic (exact) mass is 172 g/mol. The molecule has 0 aliphatic rings. The lowest BCUT2D eigenvalue weighted by Gasteiger charge is -2.22. The van der Waals surface area contributed by atoms with E-state index in [0.717, 1.165) is 6.54 Å². The fraction of sp³-hybridized carbons (Fsp3) is 1.00. The summed E-state index contributed by atoms with van der Waals surface area (Å²) in [6.45, 7) is 6.38. The fourth-order valence-electron chi connectivity index (χ4n) is 1.19. The molecule has 0 aromatic carbocycles. The normalized spacial score (nSPS) is 13.8. The molecule has 0 bridgehead atoms. The highest BCUT2D eigenvalue weighted by Gasteiger charge is 2.04. The van der Waals surface area contributed by atoms with Crippen molar-refractivity contribution in [1.29, 1.82) is 0 Å². The van der Waals surface area contributed by atoms with E-state index < -0.39 is 0 Å². The molecular weight excluding hydrogens is 148 g/mol. The fourth-order valence-corrected chi connectivity index (χ4v) is 1.19. The molecule has 0 aliphatic carbocycles. The van der Waals surface area contributed by atoms with Crippen molar-refractivity contribution >= 4 is 0 Å². The maximum Gasteiger partial charge on any atom is 0.0187 e. The molecule has 2 N–H and O–H groups in total. The Morgan fingerprint density at radius 1 is 1.25 bits per heavy atom. The SMILES string of the molecule is CCCCCCN(C)C(C)CN. The highest BCUT2D eigenvalue weighted by Crippen LogP contribution is 2.01. The molecule has 0 aromatic heterocycles. The molecule has 2 nitrogen and oxygen atoms in total. The molecule has 0 spiro atoms. The highest BCUT2D eigenvalue weighted by molar-refractivity contribution is 4.62. The predicted molar refractivity (Wildman–Crippen MR) is 55.3 cm³/mol. The van der Waals surface area contributed by atoms with E-state index >= 15 is 0 Å². The van der Waals surface area contributed by atoms with E-state index in [1.165, 1.54) is 32.2 Å². The van der Waals surface area contributed by atoms with Gasteiger partial charge in [-0.1, -0.05) is 26.2 Å². The van der Waals surface area contributed by atoms with Gasteiger partial charge in [-0.05, 0) is 26.9 Å². The Morgan fingerprint density at radius 2 is 1.92 bits per heavy atom. The second kappa shape index (κ2) is 7.56. The van der Waals surface area contributed by atoms with Gasteiger partial charge in [0, 0.05) is 12.6 Å². The Labute approximate surface area is 77.1 Å². The predicted octanol–water partition coefficient (Wildman–Crippen LogP) is 1.85. The third-order valence-corrected chi connectivity index (χ3v) is 2.46. The van der Waals surface area contributed by atoms with Crippen LogP contribution in [0.1, 0.15) is 39.5 Å². The van der Waals surface area contributed by atoms with Crippen LogP contribution in [-0.4, -0.2) is 31.1 Å². The third-order valence-electron chi connectivity index (χ3n) is 2.46. The minimum Gasteiger partial charge on any atom is -0.329 e. The van der Waals surface area contributed by atoms with Crippen LogP contribution < -0.4 is 5.73 Å². The van der Waals surface area contributed by atoms with Crippen LogP contribution >= 0.6 is 0 Å². The molecule has 0 aliphatic heterocycles. The first-order chi connectivity index (χ1) is 5.72. The highest BCUT2D eigenvalue weighted by atomic mass is 15.1. The number of hydrogen-bond donors (Lipinski definition) is 1. The summed E-state index contributed by atoms with van der Waals surface area (Å²) in [6.07, 6.45) is 5.35. The van der Waals surface area contributed by atoms with Crippen molar-refractivity contribution in [3.8, 4) is 0 Å².